The first-order valence-electron chi connectivity index (χ1n) is 11.5. The third-order valence-corrected chi connectivity index (χ3v) is 6.99. The van der Waals surface area contributed by atoms with E-state index in [1.807, 2.05) is 12.1 Å². The lowest BCUT2D eigenvalue weighted by Crippen LogP contribution is -2.31. The zero-order chi connectivity index (χ0) is 22.7. The second-order valence-electron chi connectivity index (χ2n) is 9.31. The van der Waals surface area contributed by atoms with Gasteiger partial charge in [-0.3, -0.25) is 9.59 Å². The smallest absolute Gasteiger partial charge is 0.227 e. The van der Waals surface area contributed by atoms with Gasteiger partial charge < -0.3 is 15.1 Å². The van der Waals surface area contributed by atoms with Crippen molar-refractivity contribution in [2.75, 3.05) is 37.4 Å². The van der Waals surface area contributed by atoms with Gasteiger partial charge in [-0.2, -0.15) is 0 Å². The molecule has 170 valence electrons. The predicted molar refractivity (Wildman–Crippen MR) is 126 cm³/mol. The Hall–Kier alpha value is -2.73. The molecule has 2 fully saturated rings. The molecule has 0 radical (unpaired) electrons. The van der Waals surface area contributed by atoms with Crippen molar-refractivity contribution in [1.29, 1.82) is 0 Å². The highest BCUT2D eigenvalue weighted by atomic mass is 19.1. The molecule has 5 nitrogen and oxygen atoms in total. The summed E-state index contributed by atoms with van der Waals surface area (Å²) in [5.74, 6) is -0.424. The summed E-state index contributed by atoms with van der Waals surface area (Å²) in [6.45, 7) is 2.08. The van der Waals surface area contributed by atoms with Gasteiger partial charge in [0.05, 0.1) is 0 Å². The number of amides is 1. The molecule has 2 aromatic rings. The first-order chi connectivity index (χ1) is 15.4. The van der Waals surface area contributed by atoms with E-state index >= 15 is 0 Å². The Morgan fingerprint density at radius 2 is 1.53 bits per heavy atom. The second-order valence-corrected chi connectivity index (χ2v) is 9.31. The van der Waals surface area contributed by atoms with E-state index in [-0.39, 0.29) is 29.3 Å². The SMILES string of the molecule is CN(C)C1CCN(c2ccc(NC(=O)C3CCC(C(=O)c4ccc(F)cc4)CC3)cc2)C1. The molecule has 1 aliphatic carbocycles. The van der Waals surface area contributed by atoms with E-state index in [1.165, 1.54) is 17.8 Å². The molecule has 0 aromatic heterocycles. The topological polar surface area (TPSA) is 52.6 Å². The first-order valence-corrected chi connectivity index (χ1v) is 11.5. The Morgan fingerprint density at radius 1 is 0.906 bits per heavy atom. The highest BCUT2D eigenvalue weighted by Crippen LogP contribution is 2.32. The molecule has 0 bridgehead atoms. The number of carbonyl (C=O) groups excluding carboxylic acids is 2. The lowest BCUT2D eigenvalue weighted by atomic mass is 9.78. The van der Waals surface area contributed by atoms with Gasteiger partial charge in [0.15, 0.2) is 5.78 Å². The molecule has 1 N–H and O–H groups in total. The van der Waals surface area contributed by atoms with Crippen molar-refractivity contribution < 1.29 is 14.0 Å². The van der Waals surface area contributed by atoms with E-state index in [2.05, 4.69) is 41.3 Å². The summed E-state index contributed by atoms with van der Waals surface area (Å²) in [6.07, 6.45) is 3.94. The molecule has 4 rings (SSSR count). The Balaban J connectivity index is 1.27. The van der Waals surface area contributed by atoms with Crippen molar-refractivity contribution >= 4 is 23.1 Å². The van der Waals surface area contributed by atoms with Crippen LogP contribution >= 0.6 is 0 Å². The van der Waals surface area contributed by atoms with Gasteiger partial charge in [-0.1, -0.05) is 0 Å². The van der Waals surface area contributed by atoms with Crippen LogP contribution in [-0.2, 0) is 4.79 Å². The molecule has 6 heteroatoms. The molecule has 2 aliphatic rings. The molecule has 1 saturated carbocycles. The van der Waals surface area contributed by atoms with Crippen molar-refractivity contribution in [1.82, 2.24) is 4.90 Å². The van der Waals surface area contributed by atoms with Gasteiger partial charge in [0, 0.05) is 47.9 Å². The number of hydrogen-bond acceptors (Lipinski definition) is 4. The first kappa shape index (κ1) is 22.5. The van der Waals surface area contributed by atoms with Gasteiger partial charge in [-0.25, -0.2) is 4.39 Å². The number of nitrogens with zero attached hydrogens (tertiary/aromatic N) is 2. The number of carbonyl (C=O) groups is 2. The maximum absolute atomic E-state index is 13.1. The molecule has 1 aliphatic heterocycles. The number of hydrogen-bond donors (Lipinski definition) is 1. The fourth-order valence-corrected chi connectivity index (χ4v) is 4.87. The lowest BCUT2D eigenvalue weighted by molar-refractivity contribution is -0.120. The number of likely N-dealkylation sites (N-methyl/N-ethyl adjacent to an activating group) is 1. The average Bonchev–Trinajstić information content (AvgIpc) is 3.30. The summed E-state index contributed by atoms with van der Waals surface area (Å²) in [7, 11) is 4.25. The van der Waals surface area contributed by atoms with Crippen LogP contribution in [0.4, 0.5) is 15.8 Å². The van der Waals surface area contributed by atoms with Crippen molar-refractivity contribution in [3.05, 3.63) is 59.9 Å². The maximum Gasteiger partial charge on any atom is 0.227 e. The summed E-state index contributed by atoms with van der Waals surface area (Å²) >= 11 is 0. The summed E-state index contributed by atoms with van der Waals surface area (Å²) in [4.78, 5) is 30.1. The Kier molecular flexibility index (Phi) is 6.89. The Bertz CT molecular complexity index is 935. The lowest BCUT2D eigenvalue weighted by Gasteiger charge is -2.27. The van der Waals surface area contributed by atoms with Crippen molar-refractivity contribution in [2.24, 2.45) is 11.8 Å². The molecule has 1 unspecified atom stereocenters. The standard InChI is InChI=1S/C26H32FN3O2/c1-29(2)24-15-16-30(17-24)23-13-11-22(12-14-23)28-26(32)20-5-3-18(4-6-20)25(31)19-7-9-21(27)10-8-19/h7-14,18,20,24H,3-6,15-17H2,1-2H3,(H,28,32). The molecule has 0 spiro atoms. The number of ketones is 1. The minimum atomic E-state index is -0.340. The minimum absolute atomic E-state index is 0.0271. The Morgan fingerprint density at radius 3 is 2.12 bits per heavy atom. The van der Waals surface area contributed by atoms with E-state index in [9.17, 15) is 14.0 Å². The van der Waals surface area contributed by atoms with E-state index in [0.717, 1.165) is 25.2 Å². The van der Waals surface area contributed by atoms with Gasteiger partial charge in [-0.15, -0.1) is 0 Å². The molecule has 32 heavy (non-hydrogen) atoms. The minimum Gasteiger partial charge on any atom is -0.370 e. The van der Waals surface area contributed by atoms with Crippen LogP contribution in [0, 0.1) is 17.7 Å². The third-order valence-electron chi connectivity index (χ3n) is 6.99. The third kappa shape index (κ3) is 5.18. The number of nitrogens with one attached hydrogen (secondary N) is 1. The van der Waals surface area contributed by atoms with Crippen molar-refractivity contribution in [3.8, 4) is 0 Å². The van der Waals surface area contributed by atoms with E-state index in [0.29, 0.717) is 37.3 Å². The summed E-state index contributed by atoms with van der Waals surface area (Å²) in [5.41, 5.74) is 2.55. The fraction of sp³-hybridized carbons (Fsp3) is 0.462. The number of benzene rings is 2. The fourth-order valence-electron chi connectivity index (χ4n) is 4.87. The summed E-state index contributed by atoms with van der Waals surface area (Å²) in [5, 5.41) is 3.05. The van der Waals surface area contributed by atoms with Crippen LogP contribution in [0.25, 0.3) is 0 Å². The van der Waals surface area contributed by atoms with E-state index in [4.69, 9.17) is 0 Å². The van der Waals surface area contributed by atoms with Gasteiger partial charge >= 0.3 is 0 Å². The zero-order valence-electron chi connectivity index (χ0n) is 18.9. The molecular weight excluding hydrogens is 405 g/mol. The molecular formula is C26H32FN3O2. The van der Waals surface area contributed by atoms with Crippen LogP contribution in [0.5, 0.6) is 0 Å². The van der Waals surface area contributed by atoms with E-state index < -0.39 is 0 Å². The average molecular weight is 438 g/mol. The number of rotatable bonds is 6. The molecule has 2 aromatic carbocycles. The van der Waals surface area contributed by atoms with Gasteiger partial charge in [0.1, 0.15) is 5.82 Å². The highest BCUT2D eigenvalue weighted by molar-refractivity contribution is 5.98. The summed E-state index contributed by atoms with van der Waals surface area (Å²) in [6, 6.07) is 14.4. The van der Waals surface area contributed by atoms with Crippen LogP contribution in [0.15, 0.2) is 48.5 Å². The van der Waals surface area contributed by atoms with Crippen LogP contribution in [-0.4, -0.2) is 49.8 Å². The number of halogens is 1. The van der Waals surface area contributed by atoms with Gasteiger partial charge in [0.2, 0.25) is 5.91 Å². The maximum atomic E-state index is 13.1. The molecule has 1 heterocycles. The van der Waals surface area contributed by atoms with Crippen LogP contribution in [0.1, 0.15) is 42.5 Å². The molecule has 1 amide bonds. The van der Waals surface area contributed by atoms with Crippen LogP contribution in [0.2, 0.25) is 0 Å². The number of Topliss-reactive ketones (excluding diaryl/α,β-unsaturated/α-hetero) is 1. The van der Waals surface area contributed by atoms with Crippen molar-refractivity contribution in [2.45, 2.75) is 38.1 Å². The summed E-state index contributed by atoms with van der Waals surface area (Å²) < 4.78 is 13.1. The quantitative estimate of drug-likeness (QED) is 0.672. The van der Waals surface area contributed by atoms with E-state index in [1.54, 1.807) is 12.1 Å². The largest absolute Gasteiger partial charge is 0.370 e. The second kappa shape index (κ2) is 9.82. The number of anilines is 2. The van der Waals surface area contributed by atoms with Crippen molar-refractivity contribution in [3.63, 3.8) is 0 Å². The molecule has 1 saturated heterocycles. The van der Waals surface area contributed by atoms with Gasteiger partial charge in [0.25, 0.3) is 0 Å². The van der Waals surface area contributed by atoms with Crippen LogP contribution in [0.3, 0.4) is 0 Å². The monoisotopic (exact) mass is 437 g/mol. The zero-order valence-corrected chi connectivity index (χ0v) is 18.9. The highest BCUT2D eigenvalue weighted by Gasteiger charge is 2.30. The predicted octanol–water partition coefficient (Wildman–Crippen LogP) is 4.59. The normalized spacial score (nSPS) is 23.4. The Labute approximate surface area is 189 Å². The van der Waals surface area contributed by atoms with Gasteiger partial charge in [-0.05, 0) is 94.7 Å². The van der Waals surface area contributed by atoms with Crippen LogP contribution < -0.4 is 10.2 Å². The molecule has 1 atom stereocenters.